The first-order chi connectivity index (χ1) is 14.3. The molecule has 0 aromatic heterocycles. The largest absolute Gasteiger partial charge is 0.500 e. The number of rotatable bonds is 19. The lowest BCUT2D eigenvalue weighted by Gasteiger charge is -2.35. The third-order valence-electron chi connectivity index (χ3n) is 5.73. The first-order valence-corrected chi connectivity index (χ1v) is 14.1. The molecular weight excluding hydrogens is 432 g/mol. The molecule has 1 fully saturated rings. The Morgan fingerprint density at radius 2 is 1.27 bits per heavy atom. The molecule has 0 aromatic rings. The highest BCUT2D eigenvalue weighted by atomic mass is 28.4. The predicted molar refractivity (Wildman–Crippen MR) is 113 cm³/mol. The summed E-state index contributed by atoms with van der Waals surface area (Å²) in [5.41, 5.74) is -0.610. The fraction of sp³-hybridized carbons (Fsp3) is 1.00. The minimum Gasteiger partial charge on any atom is -0.394 e. The predicted octanol–water partition coefficient (Wildman–Crippen LogP) is 0.810. The minimum absolute atomic E-state index is 0.0270. The van der Waals surface area contributed by atoms with Gasteiger partial charge in [-0.15, -0.1) is 0 Å². The lowest BCUT2D eigenvalue weighted by atomic mass is 9.89. The third-order valence-corrected chi connectivity index (χ3v) is 11.4. The van der Waals surface area contributed by atoms with E-state index >= 15 is 0 Å². The van der Waals surface area contributed by atoms with E-state index in [9.17, 15) is 10.2 Å². The van der Waals surface area contributed by atoms with Crippen molar-refractivity contribution in [1.82, 2.24) is 0 Å². The second kappa shape index (κ2) is 13.6. The highest BCUT2D eigenvalue weighted by molar-refractivity contribution is 6.60. The number of ether oxygens (including phenoxy) is 2. The first kappa shape index (κ1) is 28.1. The molecule has 0 spiro atoms. The van der Waals surface area contributed by atoms with Crippen molar-refractivity contribution in [1.29, 1.82) is 0 Å². The second-order valence-corrected chi connectivity index (χ2v) is 13.5. The van der Waals surface area contributed by atoms with Crippen molar-refractivity contribution in [3.63, 3.8) is 0 Å². The van der Waals surface area contributed by atoms with Gasteiger partial charge in [0.1, 0.15) is 12.2 Å². The summed E-state index contributed by atoms with van der Waals surface area (Å²) in [4.78, 5) is 0. The molecule has 1 rings (SSSR count). The summed E-state index contributed by atoms with van der Waals surface area (Å²) in [6.45, 7) is 0.263. The van der Waals surface area contributed by atoms with Crippen molar-refractivity contribution in [2.24, 2.45) is 0 Å². The summed E-state index contributed by atoms with van der Waals surface area (Å²) in [7, 11) is 4.15. The zero-order chi connectivity index (χ0) is 22.7. The zero-order valence-corrected chi connectivity index (χ0v) is 21.2. The molecule has 1 saturated heterocycles. The smallest absolute Gasteiger partial charge is 0.394 e. The van der Waals surface area contributed by atoms with E-state index in [-0.39, 0.29) is 19.3 Å². The van der Waals surface area contributed by atoms with Gasteiger partial charge < -0.3 is 46.2 Å². The SMILES string of the molecule is CO[Si](CCCC(CCC[Si](OC)(OC)OC)(OCC(O)CO)C1CO1)(OC)OC. The number of epoxide rings is 1. The Bertz CT molecular complexity index is 416. The highest BCUT2D eigenvalue weighted by Crippen LogP contribution is 2.39. The van der Waals surface area contributed by atoms with Gasteiger partial charge in [-0.3, -0.25) is 0 Å². The first-order valence-electron chi connectivity index (χ1n) is 10.2. The van der Waals surface area contributed by atoms with Crippen LogP contribution >= 0.6 is 0 Å². The average molecular weight is 473 g/mol. The Labute approximate surface area is 182 Å². The maximum Gasteiger partial charge on any atom is 0.500 e. The topological polar surface area (TPSA) is 118 Å². The summed E-state index contributed by atoms with van der Waals surface area (Å²) >= 11 is 0. The van der Waals surface area contributed by atoms with Crippen molar-refractivity contribution in [3.05, 3.63) is 0 Å². The van der Waals surface area contributed by atoms with Crippen LogP contribution in [0.15, 0.2) is 0 Å². The molecule has 12 heteroatoms. The zero-order valence-electron chi connectivity index (χ0n) is 19.2. The normalized spacial score (nSPS) is 18.6. The Morgan fingerprint density at radius 3 is 1.57 bits per heavy atom. The van der Waals surface area contributed by atoms with Gasteiger partial charge in [-0.1, -0.05) is 0 Å². The lowest BCUT2D eigenvalue weighted by Crippen LogP contribution is -2.46. The van der Waals surface area contributed by atoms with Crippen molar-refractivity contribution in [2.45, 2.75) is 55.6 Å². The van der Waals surface area contributed by atoms with E-state index in [1.807, 2.05) is 0 Å². The van der Waals surface area contributed by atoms with Crippen LogP contribution in [0.25, 0.3) is 0 Å². The standard InChI is InChI=1S/C18H40O10Si2/c1-21-29(22-2,23-3)11-7-9-18(17-15-27-17,28-14-16(20)13-19)10-8-12-30(24-4,25-5)26-6/h16-17,19-20H,7-15H2,1-6H3. The van der Waals surface area contributed by atoms with E-state index in [1.165, 1.54) is 0 Å². The molecule has 0 aliphatic carbocycles. The summed E-state index contributed by atoms with van der Waals surface area (Å²) in [6.07, 6.45) is 1.79. The van der Waals surface area contributed by atoms with Crippen LogP contribution in [-0.2, 0) is 36.0 Å². The van der Waals surface area contributed by atoms with Crippen LogP contribution in [0.2, 0.25) is 12.1 Å². The van der Waals surface area contributed by atoms with E-state index in [4.69, 9.17) is 36.0 Å². The van der Waals surface area contributed by atoms with Gasteiger partial charge in [-0.05, 0) is 25.7 Å². The molecule has 1 aliphatic heterocycles. The summed E-state index contributed by atoms with van der Waals surface area (Å²) < 4.78 is 44.9. The molecule has 2 atom stereocenters. The summed E-state index contributed by atoms with van der Waals surface area (Å²) in [6, 6.07) is 1.26. The van der Waals surface area contributed by atoms with Crippen LogP contribution in [-0.4, -0.2) is 108 Å². The second-order valence-electron chi connectivity index (χ2n) is 7.33. The fourth-order valence-electron chi connectivity index (χ4n) is 3.67. The van der Waals surface area contributed by atoms with Gasteiger partial charge >= 0.3 is 17.6 Å². The molecular formula is C18H40O10Si2. The molecule has 2 unspecified atom stereocenters. The molecule has 0 aromatic carbocycles. The van der Waals surface area contributed by atoms with E-state index in [2.05, 4.69) is 0 Å². The Morgan fingerprint density at radius 1 is 0.867 bits per heavy atom. The van der Waals surface area contributed by atoms with Crippen molar-refractivity contribution >= 4 is 17.6 Å². The van der Waals surface area contributed by atoms with E-state index < -0.39 is 29.3 Å². The van der Waals surface area contributed by atoms with Crippen molar-refractivity contribution in [2.75, 3.05) is 62.5 Å². The van der Waals surface area contributed by atoms with Gasteiger partial charge in [-0.2, -0.15) is 0 Å². The maximum atomic E-state index is 9.84. The van der Waals surface area contributed by atoms with Gasteiger partial charge in [-0.25, -0.2) is 0 Å². The molecule has 1 heterocycles. The molecule has 180 valence electrons. The lowest BCUT2D eigenvalue weighted by molar-refractivity contribution is -0.111. The molecule has 0 saturated carbocycles. The van der Waals surface area contributed by atoms with Crippen LogP contribution < -0.4 is 0 Å². The Hall–Kier alpha value is 0.0338. The van der Waals surface area contributed by atoms with Gasteiger partial charge in [0.25, 0.3) is 0 Å². The van der Waals surface area contributed by atoms with Crippen molar-refractivity contribution in [3.8, 4) is 0 Å². The van der Waals surface area contributed by atoms with Crippen LogP contribution in [0, 0.1) is 0 Å². The van der Waals surface area contributed by atoms with Crippen molar-refractivity contribution < 1.29 is 46.2 Å². The van der Waals surface area contributed by atoms with E-state index in [1.54, 1.807) is 42.7 Å². The van der Waals surface area contributed by atoms with E-state index in [0.29, 0.717) is 31.5 Å². The number of hydrogen-bond acceptors (Lipinski definition) is 10. The van der Waals surface area contributed by atoms with Crippen LogP contribution in [0.1, 0.15) is 25.7 Å². The molecule has 10 nitrogen and oxygen atoms in total. The van der Waals surface area contributed by atoms with Gasteiger partial charge in [0.2, 0.25) is 0 Å². The van der Waals surface area contributed by atoms with Gasteiger partial charge in [0, 0.05) is 54.7 Å². The van der Waals surface area contributed by atoms with Crippen LogP contribution in [0.4, 0.5) is 0 Å². The van der Waals surface area contributed by atoms with E-state index in [0.717, 1.165) is 12.8 Å². The van der Waals surface area contributed by atoms with Crippen LogP contribution in [0.3, 0.4) is 0 Å². The average Bonchev–Trinajstić information content (AvgIpc) is 3.64. The quantitative estimate of drug-likeness (QED) is 0.206. The Balaban J connectivity index is 2.86. The summed E-state index contributed by atoms with van der Waals surface area (Å²) in [5.74, 6) is 0. The molecule has 0 radical (unpaired) electrons. The van der Waals surface area contributed by atoms with Crippen LogP contribution in [0.5, 0.6) is 0 Å². The molecule has 30 heavy (non-hydrogen) atoms. The molecule has 0 amide bonds. The summed E-state index contributed by atoms with van der Waals surface area (Å²) in [5, 5.41) is 19.0. The number of hydrogen-bond donors (Lipinski definition) is 2. The van der Waals surface area contributed by atoms with Gasteiger partial charge in [0.05, 0.1) is 25.4 Å². The fourth-order valence-corrected chi connectivity index (χ4v) is 7.12. The minimum atomic E-state index is -2.70. The molecule has 0 bridgehead atoms. The third kappa shape index (κ3) is 7.87. The highest BCUT2D eigenvalue weighted by Gasteiger charge is 2.49. The molecule has 2 N–H and O–H groups in total. The molecule has 1 aliphatic rings. The maximum absolute atomic E-state index is 9.84. The monoisotopic (exact) mass is 472 g/mol. The number of aliphatic hydroxyl groups excluding tert-OH is 2. The number of aliphatic hydroxyl groups is 2. The van der Waals surface area contributed by atoms with Gasteiger partial charge in [0.15, 0.2) is 0 Å². The Kier molecular flexibility index (Phi) is 12.7.